The van der Waals surface area contributed by atoms with Gasteiger partial charge in [0.25, 0.3) is 0 Å². The van der Waals surface area contributed by atoms with E-state index in [-0.39, 0.29) is 12.6 Å². The second-order valence-corrected chi connectivity index (χ2v) is 3.26. The Balaban J connectivity index is 2.87. The van der Waals surface area contributed by atoms with Gasteiger partial charge in [-0.25, -0.2) is 0 Å². The van der Waals surface area contributed by atoms with Crippen molar-refractivity contribution in [2.45, 2.75) is 19.4 Å². The summed E-state index contributed by atoms with van der Waals surface area (Å²) in [4.78, 5) is 0. The van der Waals surface area contributed by atoms with Gasteiger partial charge in [0.1, 0.15) is 0 Å². The molecule has 0 bridgehead atoms. The Hall–Kier alpha value is -1.12. The number of rotatable bonds is 4. The number of allylic oxidation sites excluding steroid dienone is 1. The van der Waals surface area contributed by atoms with Crippen LogP contribution in [0.25, 0.3) is 5.57 Å². The molecule has 0 aliphatic heterocycles. The Labute approximate surface area is 85.1 Å². The topological polar surface area (TPSA) is 46.2 Å². The van der Waals surface area contributed by atoms with Crippen molar-refractivity contribution in [1.29, 1.82) is 0 Å². The van der Waals surface area contributed by atoms with Crippen LogP contribution in [-0.2, 0) is 0 Å². The highest BCUT2D eigenvalue weighted by atomic mass is 16.3. The number of nitrogens with two attached hydrogens (primary N) is 1. The molecular weight excluding hydrogens is 174 g/mol. The average Bonchev–Trinajstić information content (AvgIpc) is 2.26. The van der Waals surface area contributed by atoms with Crippen LogP contribution >= 0.6 is 0 Å². The lowest BCUT2D eigenvalue weighted by Crippen LogP contribution is -2.21. The molecule has 0 radical (unpaired) electrons. The molecule has 1 atom stereocenters. The fraction of sp³-hybridized carbons (Fsp3) is 0.333. The van der Waals surface area contributed by atoms with Gasteiger partial charge in [-0.3, -0.25) is 0 Å². The van der Waals surface area contributed by atoms with Crippen molar-refractivity contribution >= 4 is 5.57 Å². The summed E-state index contributed by atoms with van der Waals surface area (Å²) in [6.45, 7) is 2.08. The number of aliphatic hydroxyl groups is 1. The maximum absolute atomic E-state index is 8.86. The lowest BCUT2D eigenvalue weighted by molar-refractivity contribution is 0.284. The summed E-state index contributed by atoms with van der Waals surface area (Å²) in [7, 11) is 0. The zero-order valence-corrected chi connectivity index (χ0v) is 8.48. The molecule has 1 rings (SSSR count). The SMILES string of the molecule is CCC(=CC(N)CO)c1ccccc1. The predicted molar refractivity (Wildman–Crippen MR) is 59.8 cm³/mol. The highest BCUT2D eigenvalue weighted by molar-refractivity contribution is 5.65. The van der Waals surface area contributed by atoms with Gasteiger partial charge in [0.15, 0.2) is 0 Å². The van der Waals surface area contributed by atoms with E-state index >= 15 is 0 Å². The Kier molecular flexibility index (Phi) is 4.36. The van der Waals surface area contributed by atoms with E-state index in [1.165, 1.54) is 11.1 Å². The zero-order chi connectivity index (χ0) is 10.4. The molecule has 0 spiro atoms. The van der Waals surface area contributed by atoms with Gasteiger partial charge in [-0.15, -0.1) is 0 Å². The Bertz CT molecular complexity index is 292. The summed E-state index contributed by atoms with van der Waals surface area (Å²) in [5.41, 5.74) is 8.03. The van der Waals surface area contributed by atoms with E-state index in [9.17, 15) is 0 Å². The van der Waals surface area contributed by atoms with Gasteiger partial charge in [-0.05, 0) is 17.6 Å². The average molecular weight is 191 g/mol. The van der Waals surface area contributed by atoms with Crippen LogP contribution < -0.4 is 5.73 Å². The monoisotopic (exact) mass is 191 g/mol. The fourth-order valence-corrected chi connectivity index (χ4v) is 1.38. The normalized spacial score (nSPS) is 14.1. The van der Waals surface area contributed by atoms with Gasteiger partial charge >= 0.3 is 0 Å². The molecule has 0 aliphatic carbocycles. The highest BCUT2D eigenvalue weighted by Gasteiger charge is 2.01. The van der Waals surface area contributed by atoms with Gasteiger partial charge in [-0.1, -0.05) is 43.3 Å². The minimum atomic E-state index is -0.259. The summed E-state index contributed by atoms with van der Waals surface area (Å²) in [6, 6.07) is 9.85. The minimum absolute atomic E-state index is 0.00364. The van der Waals surface area contributed by atoms with E-state index in [0.717, 1.165) is 6.42 Å². The first-order chi connectivity index (χ1) is 6.77. The number of hydrogen-bond donors (Lipinski definition) is 2. The van der Waals surface area contributed by atoms with Gasteiger partial charge in [0, 0.05) is 6.04 Å². The van der Waals surface area contributed by atoms with Crippen molar-refractivity contribution in [2.75, 3.05) is 6.61 Å². The number of aliphatic hydroxyl groups excluding tert-OH is 1. The quantitative estimate of drug-likeness (QED) is 0.762. The van der Waals surface area contributed by atoms with Crippen molar-refractivity contribution in [3.63, 3.8) is 0 Å². The molecule has 2 nitrogen and oxygen atoms in total. The molecule has 3 N–H and O–H groups in total. The molecule has 0 amide bonds. The molecule has 0 aliphatic rings. The summed E-state index contributed by atoms with van der Waals surface area (Å²) >= 11 is 0. The van der Waals surface area contributed by atoms with Crippen LogP contribution in [0, 0.1) is 0 Å². The van der Waals surface area contributed by atoms with Crippen LogP contribution in [-0.4, -0.2) is 17.8 Å². The Morgan fingerprint density at radius 2 is 2.07 bits per heavy atom. The first-order valence-corrected chi connectivity index (χ1v) is 4.90. The van der Waals surface area contributed by atoms with Crippen LogP contribution in [0.5, 0.6) is 0 Å². The summed E-state index contributed by atoms with van der Waals surface area (Å²) in [5.74, 6) is 0. The number of hydrogen-bond acceptors (Lipinski definition) is 2. The molecule has 14 heavy (non-hydrogen) atoms. The molecule has 1 aromatic rings. The fourth-order valence-electron chi connectivity index (χ4n) is 1.38. The van der Waals surface area contributed by atoms with E-state index in [0.29, 0.717) is 0 Å². The molecule has 0 aromatic heterocycles. The van der Waals surface area contributed by atoms with Crippen molar-refractivity contribution in [2.24, 2.45) is 5.73 Å². The predicted octanol–water partition coefficient (Wildman–Crippen LogP) is 1.80. The van der Waals surface area contributed by atoms with E-state index in [4.69, 9.17) is 10.8 Å². The third-order valence-electron chi connectivity index (χ3n) is 2.15. The molecule has 0 saturated heterocycles. The lowest BCUT2D eigenvalue weighted by Gasteiger charge is -2.08. The van der Waals surface area contributed by atoms with E-state index in [2.05, 4.69) is 19.1 Å². The maximum atomic E-state index is 8.86. The second kappa shape index (κ2) is 5.58. The Morgan fingerprint density at radius 1 is 1.43 bits per heavy atom. The van der Waals surface area contributed by atoms with Gasteiger partial charge in [0.05, 0.1) is 6.61 Å². The van der Waals surface area contributed by atoms with Crippen LogP contribution in [0.4, 0.5) is 0 Å². The summed E-state index contributed by atoms with van der Waals surface area (Å²) in [5, 5.41) is 8.86. The van der Waals surface area contributed by atoms with Gasteiger partial charge < -0.3 is 10.8 Å². The van der Waals surface area contributed by atoms with Gasteiger partial charge in [0.2, 0.25) is 0 Å². The molecule has 1 unspecified atom stereocenters. The minimum Gasteiger partial charge on any atom is -0.394 e. The Morgan fingerprint density at radius 3 is 2.57 bits per heavy atom. The van der Waals surface area contributed by atoms with E-state index < -0.39 is 0 Å². The lowest BCUT2D eigenvalue weighted by atomic mass is 10.0. The molecular formula is C12H17NO. The van der Waals surface area contributed by atoms with Crippen molar-refractivity contribution in [1.82, 2.24) is 0 Å². The third kappa shape index (κ3) is 2.98. The van der Waals surface area contributed by atoms with Crippen molar-refractivity contribution < 1.29 is 5.11 Å². The first-order valence-electron chi connectivity index (χ1n) is 4.90. The van der Waals surface area contributed by atoms with Crippen LogP contribution in [0.2, 0.25) is 0 Å². The summed E-state index contributed by atoms with van der Waals surface area (Å²) < 4.78 is 0. The van der Waals surface area contributed by atoms with Gasteiger partial charge in [-0.2, -0.15) is 0 Å². The second-order valence-electron chi connectivity index (χ2n) is 3.26. The molecule has 76 valence electrons. The van der Waals surface area contributed by atoms with E-state index in [1.807, 2.05) is 24.3 Å². The highest BCUT2D eigenvalue weighted by Crippen LogP contribution is 2.17. The van der Waals surface area contributed by atoms with E-state index in [1.54, 1.807) is 0 Å². The maximum Gasteiger partial charge on any atom is 0.0618 e. The van der Waals surface area contributed by atoms with Crippen LogP contribution in [0.1, 0.15) is 18.9 Å². The zero-order valence-electron chi connectivity index (χ0n) is 8.48. The molecule has 0 fully saturated rings. The largest absolute Gasteiger partial charge is 0.394 e. The van der Waals surface area contributed by atoms with Crippen LogP contribution in [0.3, 0.4) is 0 Å². The molecule has 1 aromatic carbocycles. The molecule has 0 saturated carbocycles. The van der Waals surface area contributed by atoms with Crippen molar-refractivity contribution in [3.8, 4) is 0 Å². The smallest absolute Gasteiger partial charge is 0.0618 e. The standard InChI is InChI=1S/C12H17NO/c1-2-10(8-12(13)9-14)11-6-4-3-5-7-11/h3-8,12,14H,2,9,13H2,1H3. The van der Waals surface area contributed by atoms with Crippen LogP contribution in [0.15, 0.2) is 36.4 Å². The van der Waals surface area contributed by atoms with Crippen molar-refractivity contribution in [3.05, 3.63) is 42.0 Å². The number of benzene rings is 1. The first kappa shape index (κ1) is 11.0. The molecule has 0 heterocycles. The summed E-state index contributed by atoms with van der Waals surface area (Å²) in [6.07, 6.45) is 2.85. The third-order valence-corrected chi connectivity index (χ3v) is 2.15. The molecule has 2 heteroatoms.